The molecule has 1 aliphatic heterocycles. The third kappa shape index (κ3) is 6.21. The van der Waals surface area contributed by atoms with Gasteiger partial charge >= 0.3 is 0 Å². The summed E-state index contributed by atoms with van der Waals surface area (Å²) < 4.78 is 5.96. The number of carbonyl (C=O) groups is 1. The van der Waals surface area contributed by atoms with Crippen LogP contribution >= 0.6 is 23.1 Å². The molecule has 2 aromatic carbocycles. The number of nitrogens with zero attached hydrogens (tertiary/aromatic N) is 3. The lowest BCUT2D eigenvalue weighted by molar-refractivity contribution is -0.129. The Balaban J connectivity index is 1.20. The number of anilines is 2. The molecule has 4 rings (SSSR count). The zero-order valence-corrected chi connectivity index (χ0v) is 19.1. The maximum absolute atomic E-state index is 12.6. The summed E-state index contributed by atoms with van der Waals surface area (Å²) in [6.07, 6.45) is 3.24. The second-order valence-electron chi connectivity index (χ2n) is 7.53. The lowest BCUT2D eigenvalue weighted by Crippen LogP contribution is -2.39. The van der Waals surface area contributed by atoms with Gasteiger partial charge < -0.3 is 15.0 Å². The van der Waals surface area contributed by atoms with E-state index in [1.165, 1.54) is 28.7 Å². The minimum atomic E-state index is 0.183. The normalized spacial score (nSPS) is 14.4. The number of methoxy groups -OCH3 is 1. The Kier molecular flexibility index (Phi) is 7.43. The van der Waals surface area contributed by atoms with Crippen LogP contribution < -0.4 is 10.1 Å². The molecule has 1 saturated heterocycles. The Morgan fingerprint density at radius 3 is 2.58 bits per heavy atom. The van der Waals surface area contributed by atoms with Gasteiger partial charge in [-0.05, 0) is 55.0 Å². The number of piperidine rings is 1. The van der Waals surface area contributed by atoms with Crippen LogP contribution in [0.4, 0.5) is 10.8 Å². The van der Waals surface area contributed by atoms with Gasteiger partial charge in [0, 0.05) is 18.8 Å². The highest BCUT2D eigenvalue weighted by molar-refractivity contribution is 8.01. The van der Waals surface area contributed by atoms with E-state index >= 15 is 0 Å². The van der Waals surface area contributed by atoms with Gasteiger partial charge in [-0.15, -0.1) is 10.2 Å². The van der Waals surface area contributed by atoms with Crippen molar-refractivity contribution in [2.24, 2.45) is 5.92 Å². The molecular formula is C23H26N4O2S2. The minimum absolute atomic E-state index is 0.183. The second kappa shape index (κ2) is 10.6. The molecule has 1 N–H and O–H groups in total. The summed E-state index contributed by atoms with van der Waals surface area (Å²) in [5.41, 5.74) is 2.31. The summed E-state index contributed by atoms with van der Waals surface area (Å²) in [7, 11) is 1.64. The average molecular weight is 455 g/mol. The number of benzene rings is 2. The Hall–Kier alpha value is -2.58. The maximum atomic E-state index is 12.6. The molecule has 0 radical (unpaired) electrons. The van der Waals surface area contributed by atoms with E-state index in [0.717, 1.165) is 48.1 Å². The van der Waals surface area contributed by atoms with E-state index < -0.39 is 0 Å². The van der Waals surface area contributed by atoms with Crippen molar-refractivity contribution < 1.29 is 9.53 Å². The summed E-state index contributed by atoms with van der Waals surface area (Å²) in [5.74, 6) is 2.05. The predicted octanol–water partition coefficient (Wildman–Crippen LogP) is 4.86. The maximum Gasteiger partial charge on any atom is 0.233 e. The first kappa shape index (κ1) is 21.6. The Morgan fingerprint density at radius 2 is 1.87 bits per heavy atom. The van der Waals surface area contributed by atoms with Crippen LogP contribution in [0, 0.1) is 5.92 Å². The molecule has 31 heavy (non-hydrogen) atoms. The van der Waals surface area contributed by atoms with Crippen LogP contribution in [0.3, 0.4) is 0 Å². The van der Waals surface area contributed by atoms with Crippen molar-refractivity contribution in [2.45, 2.75) is 23.6 Å². The van der Waals surface area contributed by atoms with Gasteiger partial charge in [-0.3, -0.25) is 4.79 Å². The molecular weight excluding hydrogens is 428 g/mol. The molecule has 0 atom stereocenters. The summed E-state index contributed by atoms with van der Waals surface area (Å²) in [6, 6.07) is 18.3. The molecule has 1 aromatic heterocycles. The zero-order chi connectivity index (χ0) is 21.5. The number of ether oxygens (including phenoxy) is 1. The highest BCUT2D eigenvalue weighted by Gasteiger charge is 2.23. The number of carbonyl (C=O) groups excluding carboxylic acids is 1. The van der Waals surface area contributed by atoms with Gasteiger partial charge in [0.25, 0.3) is 0 Å². The molecule has 3 aromatic rings. The number of likely N-dealkylation sites (tertiary alicyclic amines) is 1. The van der Waals surface area contributed by atoms with Crippen LogP contribution in [0.1, 0.15) is 18.4 Å². The predicted molar refractivity (Wildman–Crippen MR) is 126 cm³/mol. The first-order valence-electron chi connectivity index (χ1n) is 10.4. The van der Waals surface area contributed by atoms with E-state index in [4.69, 9.17) is 4.74 Å². The van der Waals surface area contributed by atoms with Crippen molar-refractivity contribution in [2.75, 3.05) is 31.3 Å². The van der Waals surface area contributed by atoms with Crippen LogP contribution in [-0.2, 0) is 11.2 Å². The third-order valence-corrected chi connectivity index (χ3v) is 7.36. The fourth-order valence-electron chi connectivity index (χ4n) is 3.67. The van der Waals surface area contributed by atoms with Crippen molar-refractivity contribution >= 4 is 39.8 Å². The summed E-state index contributed by atoms with van der Waals surface area (Å²) in [6.45, 7) is 1.69. The number of amides is 1. The molecule has 1 amide bonds. The zero-order valence-electron chi connectivity index (χ0n) is 17.5. The van der Waals surface area contributed by atoms with Crippen LogP contribution in [0.15, 0.2) is 58.9 Å². The van der Waals surface area contributed by atoms with E-state index in [1.54, 1.807) is 7.11 Å². The number of nitrogens with one attached hydrogen (secondary N) is 1. The smallest absolute Gasteiger partial charge is 0.233 e. The second-order valence-corrected chi connectivity index (χ2v) is 9.73. The molecule has 0 aliphatic carbocycles. The molecule has 1 fully saturated rings. The molecule has 0 unspecified atom stereocenters. The van der Waals surface area contributed by atoms with Crippen molar-refractivity contribution in [3.05, 3.63) is 60.2 Å². The van der Waals surface area contributed by atoms with Crippen LogP contribution in [0.5, 0.6) is 5.75 Å². The Morgan fingerprint density at radius 1 is 1.13 bits per heavy atom. The highest BCUT2D eigenvalue weighted by atomic mass is 32.2. The van der Waals surface area contributed by atoms with E-state index in [2.05, 4.69) is 45.8 Å². The third-order valence-electron chi connectivity index (χ3n) is 5.40. The summed E-state index contributed by atoms with van der Waals surface area (Å²) in [5, 5.41) is 12.3. The van der Waals surface area contributed by atoms with Crippen molar-refractivity contribution in [3.63, 3.8) is 0 Å². The number of hydrogen-bond acceptors (Lipinski definition) is 7. The van der Waals surface area contributed by atoms with Gasteiger partial charge in [0.05, 0.1) is 12.9 Å². The first-order valence-corrected chi connectivity index (χ1v) is 12.2. The van der Waals surface area contributed by atoms with Crippen molar-refractivity contribution in [1.82, 2.24) is 15.1 Å². The Bertz CT molecular complexity index is 971. The van der Waals surface area contributed by atoms with Crippen LogP contribution in [0.2, 0.25) is 0 Å². The molecule has 162 valence electrons. The monoisotopic (exact) mass is 454 g/mol. The van der Waals surface area contributed by atoms with Crippen molar-refractivity contribution in [3.8, 4) is 5.75 Å². The molecule has 8 heteroatoms. The van der Waals surface area contributed by atoms with Crippen LogP contribution in [0.25, 0.3) is 0 Å². The van der Waals surface area contributed by atoms with Crippen LogP contribution in [-0.4, -0.2) is 47.0 Å². The fraction of sp³-hybridized carbons (Fsp3) is 0.348. The quantitative estimate of drug-likeness (QED) is 0.490. The van der Waals surface area contributed by atoms with Gasteiger partial charge in [-0.2, -0.15) is 0 Å². The lowest BCUT2D eigenvalue weighted by atomic mass is 9.90. The average Bonchev–Trinajstić information content (AvgIpc) is 3.26. The molecule has 6 nitrogen and oxygen atoms in total. The largest absolute Gasteiger partial charge is 0.497 e. The number of rotatable bonds is 8. The summed E-state index contributed by atoms with van der Waals surface area (Å²) >= 11 is 2.91. The molecule has 1 aliphatic rings. The minimum Gasteiger partial charge on any atom is -0.497 e. The SMILES string of the molecule is COc1ccc(Nc2nnc(SCC(=O)N3CCC(Cc4ccccc4)CC3)s2)cc1. The topological polar surface area (TPSA) is 67.3 Å². The Labute approximate surface area is 191 Å². The number of hydrogen-bond donors (Lipinski definition) is 1. The standard InChI is InChI=1S/C23H26N4O2S2/c1-29-20-9-7-19(8-10-20)24-22-25-26-23(31-22)30-16-21(28)27-13-11-18(12-14-27)15-17-5-3-2-4-6-17/h2-10,18H,11-16H2,1H3,(H,24,25). The fourth-order valence-corrected chi connectivity index (χ4v) is 5.34. The molecule has 0 saturated carbocycles. The van der Waals surface area contributed by atoms with Crippen molar-refractivity contribution in [1.29, 1.82) is 0 Å². The van der Waals surface area contributed by atoms with Gasteiger partial charge in [0.1, 0.15) is 5.75 Å². The van der Waals surface area contributed by atoms with Gasteiger partial charge in [-0.1, -0.05) is 53.4 Å². The van der Waals surface area contributed by atoms with Gasteiger partial charge in [0.15, 0.2) is 4.34 Å². The van der Waals surface area contributed by atoms with E-state index in [0.29, 0.717) is 16.8 Å². The molecule has 0 bridgehead atoms. The van der Waals surface area contributed by atoms with E-state index in [9.17, 15) is 4.79 Å². The highest BCUT2D eigenvalue weighted by Crippen LogP contribution is 2.29. The number of thioether (sulfide) groups is 1. The molecule has 0 spiro atoms. The lowest BCUT2D eigenvalue weighted by Gasteiger charge is -2.32. The summed E-state index contributed by atoms with van der Waals surface area (Å²) in [4.78, 5) is 14.6. The van der Waals surface area contributed by atoms with Gasteiger partial charge in [-0.25, -0.2) is 0 Å². The molecule has 2 heterocycles. The van der Waals surface area contributed by atoms with E-state index in [-0.39, 0.29) is 5.91 Å². The van der Waals surface area contributed by atoms with Gasteiger partial charge in [0.2, 0.25) is 11.0 Å². The first-order chi connectivity index (χ1) is 15.2. The van der Waals surface area contributed by atoms with E-state index in [1.807, 2.05) is 29.2 Å². The number of aromatic nitrogens is 2.